The van der Waals surface area contributed by atoms with Gasteiger partial charge in [-0.1, -0.05) is 54.1 Å². The van der Waals surface area contributed by atoms with E-state index < -0.39 is 0 Å². The minimum absolute atomic E-state index is 0.752. The highest BCUT2D eigenvalue weighted by Gasteiger charge is 1.98. The van der Waals surface area contributed by atoms with Gasteiger partial charge in [-0.2, -0.15) is 0 Å². The average Bonchev–Trinajstić information content (AvgIpc) is 2.44. The van der Waals surface area contributed by atoms with Crippen molar-refractivity contribution in [2.75, 3.05) is 26.8 Å². The highest BCUT2D eigenvalue weighted by molar-refractivity contribution is 5.90. The van der Waals surface area contributed by atoms with Crippen molar-refractivity contribution in [3.05, 3.63) is 53.6 Å². The first kappa shape index (κ1) is 13.8. The van der Waals surface area contributed by atoms with Crippen molar-refractivity contribution < 1.29 is 4.74 Å². The van der Waals surface area contributed by atoms with Gasteiger partial charge in [-0.3, -0.25) is 0 Å². The molecule has 19 heavy (non-hydrogen) atoms. The van der Waals surface area contributed by atoms with Gasteiger partial charge in [-0.05, 0) is 23.3 Å². The van der Waals surface area contributed by atoms with E-state index >= 15 is 0 Å². The summed E-state index contributed by atoms with van der Waals surface area (Å²) in [5, 5.41) is 5.96. The smallest absolute Gasteiger partial charge is 0.0587 e. The topological polar surface area (TPSA) is 21.3 Å². The average molecular weight is 255 g/mol. The van der Waals surface area contributed by atoms with Gasteiger partial charge in [-0.15, -0.1) is 0 Å². The quantitative estimate of drug-likeness (QED) is 0.798. The molecule has 100 valence electrons. The molecule has 2 aromatic rings. The minimum Gasteiger partial charge on any atom is -0.383 e. The van der Waals surface area contributed by atoms with Crippen LogP contribution in [0.5, 0.6) is 0 Å². The lowest BCUT2D eigenvalue weighted by molar-refractivity contribution is 0.200. The number of rotatable bonds is 6. The molecule has 0 atom stereocenters. The third-order valence-corrected chi connectivity index (χ3v) is 3.11. The van der Waals surface area contributed by atoms with Crippen LogP contribution < -0.4 is 5.32 Å². The second-order valence-electron chi connectivity index (χ2n) is 4.73. The highest BCUT2D eigenvalue weighted by atomic mass is 16.5. The van der Waals surface area contributed by atoms with Gasteiger partial charge in [0.1, 0.15) is 0 Å². The molecular formula is C17H21NO. The summed E-state index contributed by atoms with van der Waals surface area (Å²) < 4.78 is 5.02. The number of hydrogen-bond donors (Lipinski definition) is 1. The standard InChI is InChI=1S/C17H21NO/c1-14(13-18-10-11-19-2)12-16-8-5-7-15-6-3-4-9-17(15)16/h3-9,12,18H,10-11,13H2,1-2H3. The maximum Gasteiger partial charge on any atom is 0.0587 e. The Balaban J connectivity index is 2.11. The lowest BCUT2D eigenvalue weighted by atomic mass is 10.0. The van der Waals surface area contributed by atoms with Gasteiger partial charge in [0.25, 0.3) is 0 Å². The van der Waals surface area contributed by atoms with Crippen LogP contribution in [0.1, 0.15) is 12.5 Å². The van der Waals surface area contributed by atoms with E-state index in [0.717, 1.165) is 19.7 Å². The molecule has 0 unspecified atom stereocenters. The van der Waals surface area contributed by atoms with Crippen molar-refractivity contribution in [3.8, 4) is 0 Å². The van der Waals surface area contributed by atoms with E-state index in [2.05, 4.69) is 60.8 Å². The number of fused-ring (bicyclic) bond motifs is 1. The van der Waals surface area contributed by atoms with Gasteiger partial charge < -0.3 is 10.1 Å². The monoisotopic (exact) mass is 255 g/mol. The van der Waals surface area contributed by atoms with Crippen molar-refractivity contribution in [1.29, 1.82) is 0 Å². The zero-order valence-corrected chi connectivity index (χ0v) is 11.6. The lowest BCUT2D eigenvalue weighted by Gasteiger charge is -2.06. The van der Waals surface area contributed by atoms with Crippen molar-refractivity contribution in [3.63, 3.8) is 0 Å². The zero-order chi connectivity index (χ0) is 13.5. The van der Waals surface area contributed by atoms with Crippen LogP contribution in [0.25, 0.3) is 16.8 Å². The Labute approximate surface area is 115 Å². The molecule has 0 bridgehead atoms. The molecule has 0 aliphatic carbocycles. The van der Waals surface area contributed by atoms with E-state index in [1.165, 1.54) is 21.9 Å². The molecule has 2 rings (SSSR count). The van der Waals surface area contributed by atoms with E-state index in [-0.39, 0.29) is 0 Å². The second-order valence-corrected chi connectivity index (χ2v) is 4.73. The van der Waals surface area contributed by atoms with Crippen LogP contribution in [0.15, 0.2) is 48.0 Å². The first-order valence-electron chi connectivity index (χ1n) is 6.66. The molecule has 0 fully saturated rings. The zero-order valence-electron chi connectivity index (χ0n) is 11.6. The summed E-state index contributed by atoms with van der Waals surface area (Å²) in [6.07, 6.45) is 2.25. The molecule has 0 radical (unpaired) electrons. The molecule has 0 heterocycles. The van der Waals surface area contributed by atoms with E-state index in [1.807, 2.05) is 0 Å². The molecule has 0 aliphatic rings. The Hall–Kier alpha value is -1.64. The van der Waals surface area contributed by atoms with Gasteiger partial charge in [-0.25, -0.2) is 0 Å². The van der Waals surface area contributed by atoms with Gasteiger partial charge in [0.05, 0.1) is 6.61 Å². The van der Waals surface area contributed by atoms with E-state index in [9.17, 15) is 0 Å². The molecule has 0 aliphatic heterocycles. The third kappa shape index (κ3) is 3.91. The largest absolute Gasteiger partial charge is 0.383 e. The predicted octanol–water partition coefficient (Wildman–Crippen LogP) is 3.48. The molecule has 0 aromatic heterocycles. The number of benzene rings is 2. The first-order valence-corrected chi connectivity index (χ1v) is 6.66. The summed E-state index contributed by atoms with van der Waals surface area (Å²) in [6.45, 7) is 4.69. The number of hydrogen-bond acceptors (Lipinski definition) is 2. The predicted molar refractivity (Wildman–Crippen MR) is 82.3 cm³/mol. The van der Waals surface area contributed by atoms with Crippen LogP contribution in [0.4, 0.5) is 0 Å². The molecule has 2 nitrogen and oxygen atoms in total. The van der Waals surface area contributed by atoms with Crippen molar-refractivity contribution in [2.45, 2.75) is 6.92 Å². The molecule has 0 saturated heterocycles. The third-order valence-electron chi connectivity index (χ3n) is 3.11. The van der Waals surface area contributed by atoms with Crippen LogP contribution in [0.2, 0.25) is 0 Å². The minimum atomic E-state index is 0.752. The van der Waals surface area contributed by atoms with Gasteiger partial charge in [0.2, 0.25) is 0 Å². The maximum atomic E-state index is 5.02. The number of methoxy groups -OCH3 is 1. The number of ether oxygens (including phenoxy) is 1. The van der Waals surface area contributed by atoms with Crippen LogP contribution in [-0.4, -0.2) is 26.8 Å². The van der Waals surface area contributed by atoms with Crippen LogP contribution in [0.3, 0.4) is 0 Å². The fourth-order valence-corrected chi connectivity index (χ4v) is 2.15. The molecule has 0 amide bonds. The molecule has 0 spiro atoms. The SMILES string of the molecule is COCCNCC(C)=Cc1cccc2ccccc12. The van der Waals surface area contributed by atoms with Crippen molar-refractivity contribution >= 4 is 16.8 Å². The van der Waals surface area contributed by atoms with Gasteiger partial charge >= 0.3 is 0 Å². The molecule has 2 aromatic carbocycles. The molecular weight excluding hydrogens is 234 g/mol. The van der Waals surface area contributed by atoms with Crippen molar-refractivity contribution in [2.24, 2.45) is 0 Å². The summed E-state index contributed by atoms with van der Waals surface area (Å²) in [5.41, 5.74) is 2.61. The normalized spacial score (nSPS) is 12.0. The second kappa shape index (κ2) is 7.07. The van der Waals surface area contributed by atoms with E-state index in [0.29, 0.717) is 0 Å². The Morgan fingerprint density at radius 1 is 1.16 bits per heavy atom. The fourth-order valence-electron chi connectivity index (χ4n) is 2.15. The Morgan fingerprint density at radius 2 is 1.95 bits per heavy atom. The maximum absolute atomic E-state index is 5.02. The fraction of sp³-hybridized carbons (Fsp3) is 0.294. The van der Waals surface area contributed by atoms with Crippen LogP contribution >= 0.6 is 0 Å². The first-order chi connectivity index (χ1) is 9.31. The summed E-state index contributed by atoms with van der Waals surface area (Å²) in [5.74, 6) is 0. The van der Waals surface area contributed by atoms with Crippen LogP contribution in [-0.2, 0) is 4.74 Å². The Kier molecular flexibility index (Phi) is 5.13. The summed E-state index contributed by atoms with van der Waals surface area (Å²) >= 11 is 0. The Bertz CT molecular complexity index is 555. The summed E-state index contributed by atoms with van der Waals surface area (Å²) in [6, 6.07) is 14.9. The van der Waals surface area contributed by atoms with Crippen LogP contribution in [0, 0.1) is 0 Å². The van der Waals surface area contributed by atoms with Gasteiger partial charge in [0.15, 0.2) is 0 Å². The van der Waals surface area contributed by atoms with Crippen molar-refractivity contribution in [1.82, 2.24) is 5.32 Å². The molecule has 1 N–H and O–H groups in total. The number of nitrogens with one attached hydrogen (secondary N) is 1. The van der Waals surface area contributed by atoms with E-state index in [1.54, 1.807) is 7.11 Å². The van der Waals surface area contributed by atoms with E-state index in [4.69, 9.17) is 4.74 Å². The molecule has 0 saturated carbocycles. The van der Waals surface area contributed by atoms with Gasteiger partial charge in [0, 0.05) is 20.2 Å². The summed E-state index contributed by atoms with van der Waals surface area (Å²) in [7, 11) is 1.72. The summed E-state index contributed by atoms with van der Waals surface area (Å²) in [4.78, 5) is 0. The highest BCUT2D eigenvalue weighted by Crippen LogP contribution is 2.20. The Morgan fingerprint density at radius 3 is 2.79 bits per heavy atom. The lowest BCUT2D eigenvalue weighted by Crippen LogP contribution is -2.20. The molecule has 2 heteroatoms.